The van der Waals surface area contributed by atoms with Gasteiger partial charge < -0.3 is 10.1 Å². The molecule has 0 amide bonds. The van der Waals surface area contributed by atoms with Crippen LogP contribution in [0.4, 0.5) is 10.3 Å². The highest BCUT2D eigenvalue weighted by atomic mass is 19.1. The van der Waals surface area contributed by atoms with Crippen LogP contribution in [-0.2, 0) is 12.1 Å². The summed E-state index contributed by atoms with van der Waals surface area (Å²) in [5, 5.41) is 7.61. The van der Waals surface area contributed by atoms with Crippen LogP contribution < -0.4 is 15.6 Å². The van der Waals surface area contributed by atoms with E-state index in [1.54, 1.807) is 16.8 Å². The Morgan fingerprint density at radius 2 is 2.12 bits per heavy atom. The highest BCUT2D eigenvalue weighted by Crippen LogP contribution is 2.22. The van der Waals surface area contributed by atoms with Crippen LogP contribution in [0.15, 0.2) is 29.2 Å². The van der Waals surface area contributed by atoms with Gasteiger partial charge in [-0.2, -0.15) is 10.1 Å². The summed E-state index contributed by atoms with van der Waals surface area (Å²) in [5.41, 5.74) is 0.203. The normalized spacial score (nSPS) is 11.7. The number of nitrogens with zero attached hydrogens (tertiary/aromatic N) is 3. The molecule has 3 aromatic rings. The lowest BCUT2D eigenvalue weighted by Gasteiger charge is -2.19. The van der Waals surface area contributed by atoms with Gasteiger partial charge in [0.05, 0.1) is 18.8 Å². The third-order valence-electron chi connectivity index (χ3n) is 3.80. The number of aromatic nitrogens is 4. The van der Waals surface area contributed by atoms with Gasteiger partial charge in [-0.15, -0.1) is 0 Å². The molecular weight excluding hydrogens is 325 g/mol. The van der Waals surface area contributed by atoms with Gasteiger partial charge in [-0.25, -0.2) is 9.07 Å². The summed E-state index contributed by atoms with van der Waals surface area (Å²) >= 11 is 0. The van der Waals surface area contributed by atoms with Crippen LogP contribution >= 0.6 is 0 Å². The van der Waals surface area contributed by atoms with Crippen LogP contribution in [-0.4, -0.2) is 26.9 Å². The van der Waals surface area contributed by atoms with Gasteiger partial charge in [-0.3, -0.25) is 9.78 Å². The van der Waals surface area contributed by atoms with Crippen LogP contribution in [0.5, 0.6) is 5.75 Å². The fourth-order valence-electron chi connectivity index (χ4n) is 2.57. The summed E-state index contributed by atoms with van der Waals surface area (Å²) in [6.07, 6.45) is 1.50. The maximum Gasteiger partial charge on any atom is 0.263 e. The summed E-state index contributed by atoms with van der Waals surface area (Å²) in [4.78, 5) is 19.3. The molecule has 0 aliphatic heterocycles. The van der Waals surface area contributed by atoms with Gasteiger partial charge in [-0.1, -0.05) is 6.07 Å². The number of H-pyrrole nitrogens is 1. The maximum absolute atomic E-state index is 14.0. The molecule has 0 aliphatic rings. The Hall–Kier alpha value is -2.90. The molecule has 0 unspecified atom stereocenters. The average molecular weight is 345 g/mol. The van der Waals surface area contributed by atoms with Crippen LogP contribution in [0.1, 0.15) is 26.3 Å². The van der Waals surface area contributed by atoms with Gasteiger partial charge in [0.1, 0.15) is 17.0 Å². The largest absolute Gasteiger partial charge is 0.496 e. The van der Waals surface area contributed by atoms with E-state index in [9.17, 15) is 9.18 Å². The smallest absolute Gasteiger partial charge is 0.263 e. The predicted octanol–water partition coefficient (Wildman–Crippen LogP) is 2.63. The van der Waals surface area contributed by atoms with E-state index in [0.29, 0.717) is 22.3 Å². The van der Waals surface area contributed by atoms with Gasteiger partial charge in [0.25, 0.3) is 5.56 Å². The zero-order chi connectivity index (χ0) is 18.2. The summed E-state index contributed by atoms with van der Waals surface area (Å²) in [7, 11) is 1.48. The maximum atomic E-state index is 14.0. The lowest BCUT2D eigenvalue weighted by Crippen LogP contribution is -2.24. The first-order valence-corrected chi connectivity index (χ1v) is 7.85. The monoisotopic (exact) mass is 345 g/mol. The molecule has 1 aromatic carbocycles. The molecule has 0 saturated heterocycles. The van der Waals surface area contributed by atoms with Crippen LogP contribution in [0, 0.1) is 5.82 Å². The number of aromatic amines is 1. The molecular formula is C17H20FN5O2. The molecule has 8 heteroatoms. The molecule has 0 spiro atoms. The number of methoxy groups -OCH3 is 1. The SMILES string of the molecule is COc1cccc(F)c1CNc1nc2c(cnn2C(C)(C)C)c(=O)[nH]1. The van der Waals surface area contributed by atoms with Crippen molar-refractivity contribution < 1.29 is 9.13 Å². The number of hydrogen-bond donors (Lipinski definition) is 2. The van der Waals surface area contributed by atoms with Gasteiger partial charge in [-0.05, 0) is 32.9 Å². The van der Waals surface area contributed by atoms with E-state index in [0.717, 1.165) is 0 Å². The highest BCUT2D eigenvalue weighted by molar-refractivity contribution is 5.74. The number of fused-ring (bicyclic) bond motifs is 1. The fraction of sp³-hybridized carbons (Fsp3) is 0.353. The molecule has 7 nitrogen and oxygen atoms in total. The predicted molar refractivity (Wildman–Crippen MR) is 93.4 cm³/mol. The van der Waals surface area contributed by atoms with Crippen molar-refractivity contribution in [3.63, 3.8) is 0 Å². The standard InChI is InChI=1S/C17H20FN5O2/c1-17(2,3)23-14-11(9-20-23)15(24)22-16(21-14)19-8-10-12(18)6-5-7-13(10)25-4/h5-7,9H,8H2,1-4H3,(H2,19,21,22,24). The molecule has 0 fully saturated rings. The van der Waals surface area contributed by atoms with Gasteiger partial charge in [0, 0.05) is 12.1 Å². The second-order valence-corrected chi connectivity index (χ2v) is 6.65. The second kappa shape index (κ2) is 6.19. The van der Waals surface area contributed by atoms with Gasteiger partial charge in [0.2, 0.25) is 5.95 Å². The van der Waals surface area contributed by atoms with E-state index < -0.39 is 5.82 Å². The number of hydrogen-bond acceptors (Lipinski definition) is 5. The topological polar surface area (TPSA) is 84.8 Å². The van der Waals surface area contributed by atoms with Crippen LogP contribution in [0.2, 0.25) is 0 Å². The zero-order valence-electron chi connectivity index (χ0n) is 14.6. The Morgan fingerprint density at radius 1 is 1.36 bits per heavy atom. The molecule has 25 heavy (non-hydrogen) atoms. The Morgan fingerprint density at radius 3 is 2.80 bits per heavy atom. The van der Waals surface area contributed by atoms with Crippen molar-refractivity contribution in [3.8, 4) is 5.75 Å². The number of nitrogens with one attached hydrogen (secondary N) is 2. The number of anilines is 1. The lowest BCUT2D eigenvalue weighted by atomic mass is 10.1. The minimum atomic E-state index is -0.394. The van der Waals surface area contributed by atoms with Crippen LogP contribution in [0.3, 0.4) is 0 Å². The molecule has 2 heterocycles. The third kappa shape index (κ3) is 3.19. The first-order chi connectivity index (χ1) is 11.8. The number of halogens is 1. The van der Waals surface area contributed by atoms with E-state index in [1.807, 2.05) is 20.8 Å². The quantitative estimate of drug-likeness (QED) is 0.759. The molecule has 132 valence electrons. The summed E-state index contributed by atoms with van der Waals surface area (Å²) in [6.45, 7) is 6.03. The van der Waals surface area contributed by atoms with E-state index in [2.05, 4.69) is 20.4 Å². The molecule has 0 atom stereocenters. The van der Waals surface area contributed by atoms with Crippen molar-refractivity contribution in [2.45, 2.75) is 32.9 Å². The Labute approximate surface area is 143 Å². The van der Waals surface area contributed by atoms with E-state index in [-0.39, 0.29) is 23.6 Å². The molecule has 0 saturated carbocycles. The number of benzene rings is 1. The van der Waals surface area contributed by atoms with Crippen molar-refractivity contribution in [2.75, 3.05) is 12.4 Å². The van der Waals surface area contributed by atoms with E-state index in [4.69, 9.17) is 4.74 Å². The van der Waals surface area contributed by atoms with Crippen molar-refractivity contribution in [1.82, 2.24) is 19.7 Å². The van der Waals surface area contributed by atoms with Gasteiger partial charge >= 0.3 is 0 Å². The number of ether oxygens (including phenoxy) is 1. The first kappa shape index (κ1) is 16.9. The van der Waals surface area contributed by atoms with Crippen LogP contribution in [0.25, 0.3) is 11.0 Å². The summed E-state index contributed by atoms with van der Waals surface area (Å²) < 4.78 is 20.9. The number of rotatable bonds is 4. The zero-order valence-corrected chi connectivity index (χ0v) is 14.6. The van der Waals surface area contributed by atoms with Crippen molar-refractivity contribution in [3.05, 3.63) is 46.1 Å². The summed E-state index contributed by atoms with van der Waals surface area (Å²) in [5.74, 6) is 0.277. The van der Waals surface area contributed by atoms with Crippen molar-refractivity contribution in [2.24, 2.45) is 0 Å². The molecule has 0 aliphatic carbocycles. The van der Waals surface area contributed by atoms with E-state index in [1.165, 1.54) is 19.4 Å². The molecule has 0 bridgehead atoms. The van der Waals surface area contributed by atoms with Gasteiger partial charge in [0.15, 0.2) is 5.65 Å². The Balaban J connectivity index is 1.97. The Bertz CT molecular complexity index is 971. The lowest BCUT2D eigenvalue weighted by molar-refractivity contribution is 0.366. The minimum absolute atomic E-state index is 0.119. The molecule has 2 N–H and O–H groups in total. The molecule has 3 rings (SSSR count). The summed E-state index contributed by atoms with van der Waals surface area (Å²) in [6, 6.07) is 4.60. The molecule has 2 aromatic heterocycles. The molecule has 0 radical (unpaired) electrons. The fourth-order valence-corrected chi connectivity index (χ4v) is 2.57. The van der Waals surface area contributed by atoms with Crippen molar-refractivity contribution in [1.29, 1.82) is 0 Å². The van der Waals surface area contributed by atoms with E-state index >= 15 is 0 Å². The average Bonchev–Trinajstić information content (AvgIpc) is 2.98. The second-order valence-electron chi connectivity index (χ2n) is 6.65. The first-order valence-electron chi connectivity index (χ1n) is 7.85. The third-order valence-corrected chi connectivity index (χ3v) is 3.80. The highest BCUT2D eigenvalue weighted by Gasteiger charge is 2.20. The van der Waals surface area contributed by atoms with Crippen molar-refractivity contribution >= 4 is 17.0 Å². The minimum Gasteiger partial charge on any atom is -0.496 e. The Kier molecular flexibility index (Phi) is 4.20.